The zero-order chi connectivity index (χ0) is 10.3. The van der Waals surface area contributed by atoms with E-state index in [0.717, 1.165) is 5.56 Å². The summed E-state index contributed by atoms with van der Waals surface area (Å²) in [5.41, 5.74) is 0.421. The van der Waals surface area contributed by atoms with Gasteiger partial charge in [-0.2, -0.15) is 0 Å². The molecule has 2 aromatic rings. The van der Waals surface area contributed by atoms with Crippen molar-refractivity contribution in [3.05, 3.63) is 44.5 Å². The van der Waals surface area contributed by atoms with Crippen LogP contribution in [0.2, 0.25) is 0 Å². The molecule has 0 saturated heterocycles. The van der Waals surface area contributed by atoms with Gasteiger partial charge in [-0.1, -0.05) is 12.1 Å². The van der Waals surface area contributed by atoms with Crippen LogP contribution in [0.25, 0.3) is 10.8 Å². The lowest BCUT2D eigenvalue weighted by molar-refractivity contribution is 0.704. The Labute approximate surface area is 79.8 Å². The SMILES string of the molecule is Cc1cccc2c(=O)n(C)[nH]c(=O)c12. The summed E-state index contributed by atoms with van der Waals surface area (Å²) in [6.45, 7) is 1.82. The van der Waals surface area contributed by atoms with E-state index in [0.29, 0.717) is 10.8 Å². The van der Waals surface area contributed by atoms with E-state index in [-0.39, 0.29) is 11.1 Å². The molecule has 1 heterocycles. The lowest BCUT2D eigenvalue weighted by atomic mass is 10.1. The molecule has 4 nitrogen and oxygen atoms in total. The summed E-state index contributed by atoms with van der Waals surface area (Å²) in [6, 6.07) is 5.26. The van der Waals surface area contributed by atoms with Crippen LogP contribution >= 0.6 is 0 Å². The zero-order valence-electron chi connectivity index (χ0n) is 8.00. The van der Waals surface area contributed by atoms with Gasteiger partial charge in [-0.15, -0.1) is 0 Å². The number of nitrogens with zero attached hydrogens (tertiary/aromatic N) is 1. The number of aromatic nitrogens is 2. The van der Waals surface area contributed by atoms with Gasteiger partial charge in [0, 0.05) is 7.05 Å². The summed E-state index contributed by atoms with van der Waals surface area (Å²) in [4.78, 5) is 23.2. The zero-order valence-corrected chi connectivity index (χ0v) is 8.00. The third-order valence-electron chi connectivity index (χ3n) is 2.30. The molecule has 0 aliphatic rings. The lowest BCUT2D eigenvalue weighted by Gasteiger charge is -2.02. The standard InChI is InChI=1S/C10H10N2O2/c1-6-4-3-5-7-8(6)9(13)11-12(2)10(7)14/h3-5H,1-2H3,(H,11,13). The maximum absolute atomic E-state index is 11.6. The van der Waals surface area contributed by atoms with Gasteiger partial charge in [0.2, 0.25) is 0 Å². The fourth-order valence-electron chi connectivity index (χ4n) is 1.59. The number of nitrogens with one attached hydrogen (secondary N) is 1. The van der Waals surface area contributed by atoms with E-state index in [1.165, 1.54) is 11.7 Å². The second kappa shape index (κ2) is 2.83. The predicted octanol–water partition coefficient (Wildman–Crippen LogP) is 0.535. The van der Waals surface area contributed by atoms with Crippen molar-refractivity contribution >= 4 is 10.8 Å². The maximum atomic E-state index is 11.6. The molecule has 0 aliphatic heterocycles. The topological polar surface area (TPSA) is 54.9 Å². The van der Waals surface area contributed by atoms with Gasteiger partial charge < -0.3 is 0 Å². The number of aryl methyl sites for hydroxylation is 2. The molecule has 0 unspecified atom stereocenters. The molecule has 1 aromatic carbocycles. The van der Waals surface area contributed by atoms with Crippen LogP contribution < -0.4 is 11.1 Å². The van der Waals surface area contributed by atoms with Crippen molar-refractivity contribution in [2.24, 2.45) is 7.05 Å². The largest absolute Gasteiger partial charge is 0.272 e. The molecule has 0 fully saturated rings. The van der Waals surface area contributed by atoms with Crippen LogP contribution in [0.15, 0.2) is 27.8 Å². The second-order valence-corrected chi connectivity index (χ2v) is 3.30. The number of hydrogen-bond donors (Lipinski definition) is 1. The van der Waals surface area contributed by atoms with Crippen molar-refractivity contribution in [1.82, 2.24) is 9.78 Å². The summed E-state index contributed by atoms with van der Waals surface area (Å²) in [5.74, 6) is 0. The van der Waals surface area contributed by atoms with Gasteiger partial charge in [-0.3, -0.25) is 19.4 Å². The van der Waals surface area contributed by atoms with E-state index < -0.39 is 0 Å². The van der Waals surface area contributed by atoms with Gasteiger partial charge in [0.15, 0.2) is 0 Å². The summed E-state index contributed by atoms with van der Waals surface area (Å²) in [7, 11) is 1.53. The van der Waals surface area contributed by atoms with E-state index in [1.54, 1.807) is 12.1 Å². The summed E-state index contributed by atoms with van der Waals surface area (Å²) in [5, 5.41) is 3.42. The van der Waals surface area contributed by atoms with Crippen LogP contribution in [-0.4, -0.2) is 9.78 Å². The van der Waals surface area contributed by atoms with Crippen LogP contribution in [-0.2, 0) is 7.05 Å². The van der Waals surface area contributed by atoms with Crippen LogP contribution in [0.1, 0.15) is 5.56 Å². The van der Waals surface area contributed by atoms with Crippen molar-refractivity contribution < 1.29 is 0 Å². The minimum Gasteiger partial charge on any atom is -0.267 e. The second-order valence-electron chi connectivity index (χ2n) is 3.30. The van der Waals surface area contributed by atoms with Gasteiger partial charge in [-0.05, 0) is 18.6 Å². The van der Waals surface area contributed by atoms with E-state index in [2.05, 4.69) is 5.10 Å². The Bertz CT molecular complexity index is 608. The Kier molecular flexibility index (Phi) is 1.77. The average molecular weight is 190 g/mol. The van der Waals surface area contributed by atoms with E-state index in [9.17, 15) is 9.59 Å². The number of aromatic amines is 1. The van der Waals surface area contributed by atoms with Gasteiger partial charge >= 0.3 is 0 Å². The van der Waals surface area contributed by atoms with Crippen molar-refractivity contribution in [3.8, 4) is 0 Å². The first-order valence-electron chi connectivity index (χ1n) is 4.30. The predicted molar refractivity (Wildman–Crippen MR) is 54.5 cm³/mol. The summed E-state index contributed by atoms with van der Waals surface area (Å²) >= 11 is 0. The molecule has 72 valence electrons. The molecule has 1 N–H and O–H groups in total. The fraction of sp³-hybridized carbons (Fsp3) is 0.200. The number of fused-ring (bicyclic) bond motifs is 1. The average Bonchev–Trinajstić information content (AvgIpc) is 2.14. The Morgan fingerprint density at radius 3 is 2.71 bits per heavy atom. The van der Waals surface area contributed by atoms with Gasteiger partial charge in [0.05, 0.1) is 10.8 Å². The number of benzene rings is 1. The minimum absolute atomic E-state index is 0.177. The van der Waals surface area contributed by atoms with Crippen LogP contribution in [0.5, 0.6) is 0 Å². The van der Waals surface area contributed by atoms with Gasteiger partial charge in [-0.25, -0.2) is 0 Å². The third kappa shape index (κ3) is 1.08. The van der Waals surface area contributed by atoms with Crippen molar-refractivity contribution in [1.29, 1.82) is 0 Å². The molecule has 0 amide bonds. The molecule has 14 heavy (non-hydrogen) atoms. The Morgan fingerprint density at radius 2 is 2.00 bits per heavy atom. The highest BCUT2D eigenvalue weighted by molar-refractivity contribution is 5.83. The van der Waals surface area contributed by atoms with Crippen molar-refractivity contribution in [2.75, 3.05) is 0 Å². The Hall–Kier alpha value is -1.84. The first kappa shape index (κ1) is 8.74. The molecule has 0 aliphatic carbocycles. The van der Waals surface area contributed by atoms with E-state index >= 15 is 0 Å². The summed E-state index contributed by atoms with van der Waals surface area (Å²) in [6.07, 6.45) is 0. The number of H-pyrrole nitrogens is 1. The smallest absolute Gasteiger partial charge is 0.267 e. The highest BCUT2D eigenvalue weighted by atomic mass is 16.1. The monoisotopic (exact) mass is 190 g/mol. The van der Waals surface area contributed by atoms with Crippen molar-refractivity contribution in [3.63, 3.8) is 0 Å². The van der Waals surface area contributed by atoms with Crippen molar-refractivity contribution in [2.45, 2.75) is 6.92 Å². The normalized spacial score (nSPS) is 10.7. The van der Waals surface area contributed by atoms with Gasteiger partial charge in [0.1, 0.15) is 0 Å². The molecule has 2 rings (SSSR count). The first-order chi connectivity index (χ1) is 6.61. The third-order valence-corrected chi connectivity index (χ3v) is 2.30. The molecular formula is C10H10N2O2. The fourth-order valence-corrected chi connectivity index (χ4v) is 1.59. The molecule has 0 atom stereocenters. The molecular weight excluding hydrogens is 180 g/mol. The van der Waals surface area contributed by atoms with E-state index in [4.69, 9.17) is 0 Å². The molecule has 4 heteroatoms. The summed E-state index contributed by atoms with van der Waals surface area (Å²) < 4.78 is 1.20. The van der Waals surface area contributed by atoms with E-state index in [1.807, 2.05) is 13.0 Å². The van der Waals surface area contributed by atoms with Crippen LogP contribution in [0.4, 0.5) is 0 Å². The van der Waals surface area contributed by atoms with Crippen LogP contribution in [0, 0.1) is 6.92 Å². The molecule has 0 bridgehead atoms. The minimum atomic E-state index is -0.222. The quantitative estimate of drug-likeness (QED) is 0.659. The maximum Gasteiger partial charge on any atom is 0.272 e. The highest BCUT2D eigenvalue weighted by Gasteiger charge is 2.06. The first-order valence-corrected chi connectivity index (χ1v) is 4.30. The molecule has 0 saturated carbocycles. The lowest BCUT2D eigenvalue weighted by Crippen LogP contribution is -2.27. The molecule has 0 radical (unpaired) electrons. The van der Waals surface area contributed by atoms with Gasteiger partial charge in [0.25, 0.3) is 11.1 Å². The molecule has 0 spiro atoms. The number of hydrogen-bond acceptors (Lipinski definition) is 2. The van der Waals surface area contributed by atoms with Crippen LogP contribution in [0.3, 0.4) is 0 Å². The highest BCUT2D eigenvalue weighted by Crippen LogP contribution is 2.08. The Balaban J connectivity index is 3.18. The molecule has 1 aromatic heterocycles. The Morgan fingerprint density at radius 1 is 1.29 bits per heavy atom. The number of rotatable bonds is 0.